The largest absolute Gasteiger partial charge is 0.396 e. The number of fused-ring (bicyclic) bond motifs is 1. The molecular formula is C19H32O4. The monoisotopic (exact) mass is 339 g/mol. The van der Waals surface area contributed by atoms with Gasteiger partial charge < -0.3 is 20.4 Å². The minimum Gasteiger partial charge on any atom is -0.396 e. The Hall–Kier alpha value is -0.680. The van der Waals surface area contributed by atoms with Gasteiger partial charge in [0, 0.05) is 12.5 Å². The van der Waals surface area contributed by atoms with Gasteiger partial charge in [0.15, 0.2) is 0 Å². The van der Waals surface area contributed by atoms with Gasteiger partial charge in [0.2, 0.25) is 0 Å². The zero-order chi connectivity index (χ0) is 17.0. The smallest absolute Gasteiger partial charge is 0.0617 e. The van der Waals surface area contributed by atoms with Crippen molar-refractivity contribution in [3.05, 3.63) is 23.8 Å². The van der Waals surface area contributed by atoms with Crippen LogP contribution < -0.4 is 0 Å². The van der Waals surface area contributed by atoms with E-state index in [0.717, 1.165) is 12.8 Å². The predicted molar refractivity (Wildman–Crippen MR) is 90.7 cm³/mol. The van der Waals surface area contributed by atoms with E-state index in [2.05, 4.69) is 32.1 Å². The van der Waals surface area contributed by atoms with Gasteiger partial charge in [-0.3, -0.25) is 0 Å². The molecule has 4 N–H and O–H groups in total. The molecule has 0 aliphatic heterocycles. The fourth-order valence-electron chi connectivity index (χ4n) is 4.22. The van der Waals surface area contributed by atoms with E-state index in [4.69, 9.17) is 5.11 Å². The van der Waals surface area contributed by atoms with E-state index in [0.29, 0.717) is 37.0 Å². The molecule has 0 saturated heterocycles. The van der Waals surface area contributed by atoms with Crippen LogP contribution in [0.1, 0.15) is 46.0 Å². The molecule has 2 rings (SSSR count). The molecule has 0 aromatic carbocycles. The van der Waals surface area contributed by atoms with Gasteiger partial charge in [-0.25, -0.2) is 0 Å². The Balaban J connectivity index is 1.95. The lowest BCUT2D eigenvalue weighted by Gasteiger charge is -2.41. The van der Waals surface area contributed by atoms with Crippen molar-refractivity contribution in [3.8, 4) is 0 Å². The number of hydrogen-bond acceptors (Lipinski definition) is 4. The van der Waals surface area contributed by atoms with Crippen LogP contribution in [-0.4, -0.2) is 45.3 Å². The third-order valence-electron chi connectivity index (χ3n) is 5.46. The summed E-state index contributed by atoms with van der Waals surface area (Å²) in [5.41, 5.74) is 1.24. The fraction of sp³-hybridized carbons (Fsp3) is 0.789. The molecule has 0 aromatic rings. The maximum Gasteiger partial charge on any atom is 0.0617 e. The summed E-state index contributed by atoms with van der Waals surface area (Å²) in [7, 11) is 0. The van der Waals surface area contributed by atoms with Crippen molar-refractivity contribution < 1.29 is 20.4 Å². The third kappa shape index (κ3) is 4.90. The highest BCUT2D eigenvalue weighted by Gasteiger charge is 2.38. The Morgan fingerprint density at radius 2 is 1.91 bits per heavy atom. The van der Waals surface area contributed by atoms with Crippen LogP contribution in [0.4, 0.5) is 0 Å². The Labute approximate surface area is 139 Å². The molecular weight excluding hydrogens is 307 g/mol. The summed E-state index contributed by atoms with van der Waals surface area (Å²) in [6.07, 6.45) is 8.03. The number of aliphatic hydroxyl groups is 4. The molecule has 4 nitrogen and oxygen atoms in total. The second kappa shape index (κ2) is 8.43. The molecule has 0 spiro atoms. The lowest BCUT2D eigenvalue weighted by molar-refractivity contribution is 0.0340. The summed E-state index contributed by atoms with van der Waals surface area (Å²) >= 11 is 0. The van der Waals surface area contributed by atoms with Crippen molar-refractivity contribution in [2.75, 3.05) is 6.61 Å². The average molecular weight is 339 g/mol. The van der Waals surface area contributed by atoms with E-state index >= 15 is 0 Å². The molecule has 0 heterocycles. The first kappa shape index (κ1) is 18.7. The predicted octanol–water partition coefficient (Wildman–Crippen LogP) is 2.03. The van der Waals surface area contributed by atoms with Crippen LogP contribution in [0, 0.1) is 23.7 Å². The quantitative estimate of drug-likeness (QED) is 0.423. The third-order valence-corrected chi connectivity index (χ3v) is 5.46. The summed E-state index contributed by atoms with van der Waals surface area (Å²) in [6, 6.07) is 0. The standard InChI is InChI=1S/C19H32O4/c1-12-9-14-4-3-13(2)17(19(14)18(23)10-12)6-5-15(21)11-16(22)7-8-20/h3-4,9,12-13,15-23H,5-8,10-11H2,1-2H3/t12-,13-,15-,16-,17-,18-,19-/m0/s1/i4+1,6+1,8+1,9+1,10+1,13+1,15+1,16+1,19+1,20+2,21+2,22+2. The van der Waals surface area contributed by atoms with Crippen molar-refractivity contribution in [2.24, 2.45) is 23.7 Å². The first-order valence-electron chi connectivity index (χ1n) is 8.97. The average Bonchev–Trinajstić information content (AvgIpc) is 2.46. The van der Waals surface area contributed by atoms with Gasteiger partial charge in [-0.05, 0) is 55.4 Å². The Morgan fingerprint density at radius 3 is 2.61 bits per heavy atom. The zero-order valence-electron chi connectivity index (χ0n) is 14.3. The van der Waals surface area contributed by atoms with E-state index < -0.39 is 12.2 Å². The van der Waals surface area contributed by atoms with Crippen LogP contribution in [0.2, 0.25) is 0 Å². The normalized spacial score (nSPS) is 36.3. The minimum atomic E-state index is -0.643. The number of aliphatic hydroxyl groups excluding tert-OH is 4. The second-order valence-corrected chi connectivity index (χ2v) is 7.49. The van der Waals surface area contributed by atoms with E-state index in [1.807, 2.05) is 0 Å². The molecule has 0 fully saturated rings. The van der Waals surface area contributed by atoms with Crippen LogP contribution in [-0.2, 0) is 0 Å². The zero-order valence-corrected chi connectivity index (χ0v) is 14.3. The van der Waals surface area contributed by atoms with Crippen molar-refractivity contribution in [2.45, 2.75) is 64.3 Å². The first-order chi connectivity index (χ1) is 10.9. The lowest BCUT2D eigenvalue weighted by atomic mass is 10.1. The molecule has 23 heavy (non-hydrogen) atoms. The lowest BCUT2D eigenvalue weighted by Crippen LogP contribution is -2.38. The Morgan fingerprint density at radius 1 is 1.22 bits per heavy atom. The minimum absolute atomic E-state index is 0.0566. The molecule has 0 radical (unpaired) electrons. The summed E-state index contributed by atoms with van der Waals surface area (Å²) in [5, 5.41) is 39.2. The van der Waals surface area contributed by atoms with E-state index in [9.17, 15) is 15.3 Å². The number of allylic oxidation sites excluding steroid dienone is 3. The van der Waals surface area contributed by atoms with Crippen molar-refractivity contribution in [1.82, 2.24) is 0 Å². The summed E-state index contributed by atoms with van der Waals surface area (Å²) in [4.78, 5) is 0. The van der Waals surface area contributed by atoms with Crippen molar-refractivity contribution >= 4 is 0 Å². The molecule has 2 aliphatic carbocycles. The molecule has 2 aliphatic rings. The SMILES string of the molecule is C[C@H]1[13CH]=C2[13CH]=C[13C@H](C)[C@H]([13CH2]C[13C@H]([18OH])C[13C@@H]([18OH])C[13CH2][18OH])[13C@H]2[C@@H](O)[13CH2]1. The highest BCUT2D eigenvalue weighted by atomic mass is 18.2. The summed E-state index contributed by atoms with van der Waals surface area (Å²) in [5.74, 6) is 1.29. The topological polar surface area (TPSA) is 80.9 Å². The maximum absolute atomic E-state index is 10.5. The molecule has 7 atom stereocenters. The molecule has 0 unspecified atom stereocenters. The van der Waals surface area contributed by atoms with Crippen molar-refractivity contribution in [1.29, 1.82) is 0 Å². The molecule has 0 aromatic heterocycles. The van der Waals surface area contributed by atoms with Crippen LogP contribution in [0.25, 0.3) is 0 Å². The van der Waals surface area contributed by atoms with Gasteiger partial charge in [0.1, 0.15) is 0 Å². The fourth-order valence-corrected chi connectivity index (χ4v) is 4.22. The Bertz CT molecular complexity index is 431. The molecule has 0 saturated carbocycles. The maximum atomic E-state index is 10.5. The van der Waals surface area contributed by atoms with Gasteiger partial charge >= 0.3 is 0 Å². The first-order valence-corrected chi connectivity index (χ1v) is 8.97. The van der Waals surface area contributed by atoms with Gasteiger partial charge in [0.05, 0.1) is 18.3 Å². The van der Waals surface area contributed by atoms with Crippen LogP contribution >= 0.6 is 0 Å². The van der Waals surface area contributed by atoms with Crippen LogP contribution in [0.3, 0.4) is 0 Å². The highest BCUT2D eigenvalue weighted by molar-refractivity contribution is 5.31. The Kier molecular flexibility index (Phi) is 6.84. The number of hydrogen-bond donors (Lipinski definition) is 4. The van der Waals surface area contributed by atoms with Gasteiger partial charge in [-0.15, -0.1) is 0 Å². The number of rotatable bonds is 7. The molecule has 0 amide bonds. The van der Waals surface area contributed by atoms with Gasteiger partial charge in [-0.1, -0.05) is 32.1 Å². The van der Waals surface area contributed by atoms with E-state index in [1.165, 1.54) is 5.57 Å². The molecule has 132 valence electrons. The second-order valence-electron chi connectivity index (χ2n) is 7.49. The van der Waals surface area contributed by atoms with Crippen LogP contribution in [0.15, 0.2) is 23.8 Å². The van der Waals surface area contributed by atoms with Gasteiger partial charge in [-0.2, -0.15) is 0 Å². The molecule has 4 heteroatoms. The van der Waals surface area contributed by atoms with E-state index in [1.54, 1.807) is 0 Å². The van der Waals surface area contributed by atoms with E-state index in [-0.39, 0.29) is 18.6 Å². The van der Waals surface area contributed by atoms with Crippen molar-refractivity contribution in [3.63, 3.8) is 0 Å². The van der Waals surface area contributed by atoms with Gasteiger partial charge in [0.25, 0.3) is 0 Å². The summed E-state index contributed by atoms with van der Waals surface area (Å²) < 4.78 is 0. The summed E-state index contributed by atoms with van der Waals surface area (Å²) in [6.45, 7) is 4.26. The molecule has 0 bridgehead atoms. The van der Waals surface area contributed by atoms with Crippen LogP contribution in [0.5, 0.6) is 0 Å². The highest BCUT2D eigenvalue weighted by Crippen LogP contribution is 2.43.